The minimum absolute atomic E-state index is 0.355. The number of fused-ring (bicyclic) bond motifs is 1. The SMILES string of the molecule is COC(=O)[C@@H](OC(C)(C)C)c1c(C)ccc(C2CC2)c1-c1ccc2c(c1C)CCCO2. The Bertz CT molecular complexity index is 995. The van der Waals surface area contributed by atoms with Gasteiger partial charge in [0.2, 0.25) is 0 Å². The number of rotatable bonds is 5. The van der Waals surface area contributed by atoms with E-state index in [9.17, 15) is 4.79 Å². The molecule has 166 valence electrons. The van der Waals surface area contributed by atoms with Crippen molar-refractivity contribution < 1.29 is 19.0 Å². The lowest BCUT2D eigenvalue weighted by Crippen LogP contribution is -2.29. The van der Waals surface area contributed by atoms with Crippen molar-refractivity contribution in [2.75, 3.05) is 13.7 Å². The van der Waals surface area contributed by atoms with Crippen LogP contribution in [0.25, 0.3) is 11.1 Å². The first-order valence-electron chi connectivity index (χ1n) is 11.4. The first kappa shape index (κ1) is 21.9. The molecule has 31 heavy (non-hydrogen) atoms. The monoisotopic (exact) mass is 422 g/mol. The van der Waals surface area contributed by atoms with Gasteiger partial charge in [-0.2, -0.15) is 0 Å². The van der Waals surface area contributed by atoms with Crippen molar-refractivity contribution >= 4 is 5.97 Å². The lowest BCUT2D eigenvalue weighted by Gasteiger charge is -2.30. The van der Waals surface area contributed by atoms with Gasteiger partial charge in [-0.25, -0.2) is 4.79 Å². The molecule has 1 heterocycles. The number of carbonyl (C=O) groups excluding carboxylic acids is 1. The highest BCUT2D eigenvalue weighted by atomic mass is 16.6. The Balaban J connectivity index is 1.97. The van der Waals surface area contributed by atoms with Crippen LogP contribution in [0.1, 0.15) is 79.9 Å². The van der Waals surface area contributed by atoms with E-state index in [1.165, 1.54) is 42.2 Å². The van der Waals surface area contributed by atoms with E-state index in [1.807, 2.05) is 20.8 Å². The second kappa shape index (κ2) is 8.31. The van der Waals surface area contributed by atoms with Crippen LogP contribution in [0.2, 0.25) is 0 Å². The molecule has 2 aliphatic rings. The molecule has 0 saturated heterocycles. The van der Waals surface area contributed by atoms with E-state index in [2.05, 4.69) is 38.1 Å². The van der Waals surface area contributed by atoms with Crippen LogP contribution in [0.15, 0.2) is 24.3 Å². The molecule has 0 N–H and O–H groups in total. The maximum atomic E-state index is 13.0. The number of hydrogen-bond acceptors (Lipinski definition) is 4. The minimum Gasteiger partial charge on any atom is -0.493 e. The third-order valence-corrected chi connectivity index (χ3v) is 6.32. The van der Waals surface area contributed by atoms with Crippen molar-refractivity contribution in [1.29, 1.82) is 0 Å². The molecule has 4 rings (SSSR count). The number of ether oxygens (including phenoxy) is 3. The Labute approximate surface area is 185 Å². The van der Waals surface area contributed by atoms with Gasteiger partial charge in [-0.05, 0) is 106 Å². The third-order valence-electron chi connectivity index (χ3n) is 6.32. The molecule has 2 aromatic carbocycles. The largest absolute Gasteiger partial charge is 0.493 e. The van der Waals surface area contributed by atoms with E-state index >= 15 is 0 Å². The van der Waals surface area contributed by atoms with Gasteiger partial charge in [0, 0.05) is 5.56 Å². The molecule has 0 spiro atoms. The van der Waals surface area contributed by atoms with Gasteiger partial charge in [0.1, 0.15) is 5.75 Å². The van der Waals surface area contributed by atoms with Crippen molar-refractivity contribution in [3.63, 3.8) is 0 Å². The summed E-state index contributed by atoms with van der Waals surface area (Å²) >= 11 is 0. The van der Waals surface area contributed by atoms with Crippen molar-refractivity contribution in [2.45, 2.75) is 77.9 Å². The quantitative estimate of drug-likeness (QED) is 0.538. The Kier molecular flexibility index (Phi) is 5.87. The van der Waals surface area contributed by atoms with Crippen LogP contribution in [0.3, 0.4) is 0 Å². The van der Waals surface area contributed by atoms with Crippen LogP contribution in [0.4, 0.5) is 0 Å². The number of benzene rings is 2. The molecule has 1 aliphatic carbocycles. The fraction of sp³-hybridized carbons (Fsp3) is 0.519. The summed E-state index contributed by atoms with van der Waals surface area (Å²) < 4.78 is 17.4. The molecule has 1 aliphatic heterocycles. The van der Waals surface area contributed by atoms with E-state index in [4.69, 9.17) is 14.2 Å². The Hall–Kier alpha value is -2.33. The zero-order valence-electron chi connectivity index (χ0n) is 19.6. The second-order valence-electron chi connectivity index (χ2n) is 9.83. The zero-order chi connectivity index (χ0) is 22.3. The summed E-state index contributed by atoms with van der Waals surface area (Å²) in [6.45, 7) is 11.0. The molecule has 1 saturated carbocycles. The summed E-state index contributed by atoms with van der Waals surface area (Å²) in [5.41, 5.74) is 7.65. The van der Waals surface area contributed by atoms with Crippen LogP contribution in [0.5, 0.6) is 5.75 Å². The van der Waals surface area contributed by atoms with E-state index in [0.29, 0.717) is 5.92 Å². The Morgan fingerprint density at radius 2 is 1.87 bits per heavy atom. The highest BCUT2D eigenvalue weighted by Gasteiger charge is 2.36. The predicted octanol–water partition coefficient (Wildman–Crippen LogP) is 6.20. The average Bonchev–Trinajstić information content (AvgIpc) is 3.57. The van der Waals surface area contributed by atoms with Gasteiger partial charge in [-0.1, -0.05) is 18.2 Å². The Morgan fingerprint density at radius 3 is 2.52 bits per heavy atom. The fourth-order valence-corrected chi connectivity index (χ4v) is 4.68. The highest BCUT2D eigenvalue weighted by molar-refractivity contribution is 5.85. The van der Waals surface area contributed by atoms with Crippen molar-refractivity contribution in [1.82, 2.24) is 0 Å². The molecule has 0 bridgehead atoms. The van der Waals surface area contributed by atoms with Gasteiger partial charge in [0.25, 0.3) is 0 Å². The summed E-state index contributed by atoms with van der Waals surface area (Å²) in [4.78, 5) is 13.0. The molecule has 1 atom stereocenters. The number of carbonyl (C=O) groups is 1. The number of esters is 1. The van der Waals surface area contributed by atoms with Crippen molar-refractivity contribution in [3.05, 3.63) is 52.1 Å². The van der Waals surface area contributed by atoms with Crippen LogP contribution in [-0.2, 0) is 20.7 Å². The third kappa shape index (κ3) is 4.36. The van der Waals surface area contributed by atoms with Gasteiger partial charge in [-0.3, -0.25) is 0 Å². The van der Waals surface area contributed by atoms with Crippen LogP contribution in [0, 0.1) is 13.8 Å². The number of hydrogen-bond donors (Lipinski definition) is 0. The van der Waals surface area contributed by atoms with E-state index in [-0.39, 0.29) is 5.97 Å². The van der Waals surface area contributed by atoms with Crippen molar-refractivity contribution in [2.24, 2.45) is 0 Å². The number of methoxy groups -OCH3 is 1. The van der Waals surface area contributed by atoms with Crippen molar-refractivity contribution in [3.8, 4) is 16.9 Å². The smallest absolute Gasteiger partial charge is 0.339 e. The maximum Gasteiger partial charge on any atom is 0.339 e. The van der Waals surface area contributed by atoms with Gasteiger partial charge in [-0.15, -0.1) is 0 Å². The number of aryl methyl sites for hydroxylation is 1. The predicted molar refractivity (Wildman–Crippen MR) is 123 cm³/mol. The van der Waals surface area contributed by atoms with Gasteiger partial charge in [0.15, 0.2) is 6.10 Å². The maximum absolute atomic E-state index is 13.0. The fourth-order valence-electron chi connectivity index (χ4n) is 4.68. The molecule has 1 fully saturated rings. The lowest BCUT2D eigenvalue weighted by atomic mass is 9.83. The highest BCUT2D eigenvalue weighted by Crippen LogP contribution is 2.49. The molecular formula is C27H34O4. The molecule has 0 amide bonds. The van der Waals surface area contributed by atoms with Crippen LogP contribution < -0.4 is 4.74 Å². The van der Waals surface area contributed by atoms with Crippen LogP contribution in [-0.4, -0.2) is 25.3 Å². The summed E-state index contributed by atoms with van der Waals surface area (Å²) in [5.74, 6) is 1.17. The van der Waals surface area contributed by atoms with Gasteiger partial charge >= 0.3 is 5.97 Å². The standard InChI is InChI=1S/C27H34O4/c1-16-9-12-21(18-10-11-18)24(23(16)25(26(28)29-6)31-27(3,4)5)20-13-14-22-19(17(20)2)8-7-15-30-22/h9,12-14,18,25H,7-8,10-11,15H2,1-6H3/t25-/m0/s1. The molecule has 0 unspecified atom stereocenters. The van der Waals surface area contributed by atoms with Crippen LogP contribution >= 0.6 is 0 Å². The second-order valence-corrected chi connectivity index (χ2v) is 9.83. The summed E-state index contributed by atoms with van der Waals surface area (Å²) in [7, 11) is 1.43. The minimum atomic E-state index is -0.773. The lowest BCUT2D eigenvalue weighted by molar-refractivity contribution is -0.164. The summed E-state index contributed by atoms with van der Waals surface area (Å²) in [5, 5.41) is 0. The van der Waals surface area contributed by atoms with Gasteiger partial charge in [0.05, 0.1) is 19.3 Å². The average molecular weight is 423 g/mol. The molecule has 4 heteroatoms. The molecule has 0 radical (unpaired) electrons. The first-order valence-corrected chi connectivity index (χ1v) is 11.4. The summed E-state index contributed by atoms with van der Waals surface area (Å²) in [6, 6.07) is 8.63. The zero-order valence-corrected chi connectivity index (χ0v) is 19.6. The molecule has 4 nitrogen and oxygen atoms in total. The van der Waals surface area contributed by atoms with E-state index < -0.39 is 11.7 Å². The normalized spacial score (nSPS) is 17.0. The Morgan fingerprint density at radius 1 is 1.13 bits per heavy atom. The van der Waals surface area contributed by atoms with E-state index in [0.717, 1.165) is 41.9 Å². The summed E-state index contributed by atoms with van der Waals surface area (Å²) in [6.07, 6.45) is 3.65. The molecule has 2 aromatic rings. The van der Waals surface area contributed by atoms with E-state index in [1.54, 1.807) is 0 Å². The van der Waals surface area contributed by atoms with Gasteiger partial charge < -0.3 is 14.2 Å². The first-order chi connectivity index (χ1) is 14.7. The molecular weight excluding hydrogens is 388 g/mol. The molecule has 0 aromatic heterocycles. The topological polar surface area (TPSA) is 44.8 Å².